The molecule has 0 saturated heterocycles. The first-order valence-electron chi connectivity index (χ1n) is 47.5. The summed E-state index contributed by atoms with van der Waals surface area (Å²) in [6.07, 6.45) is 26.6. The Morgan fingerprint density at radius 2 is 0.546 bits per heavy atom. The molecule has 6 aliphatic rings. The van der Waals surface area contributed by atoms with Gasteiger partial charge in [0.25, 0.3) is 0 Å². The van der Waals surface area contributed by atoms with Crippen LogP contribution in [-0.4, -0.2) is 59.8 Å². The minimum atomic E-state index is 0.826. The SMILES string of the molecule is CCCCCC1=C(C)c2cc3[nH]c(c(C)c3C)c(Nc3ccc(-c4c5nc(c(-c6ccccc6)c6ccc([nH]6)c(-c6ccc(Nc7c8nc(cc9[nH]c(cc%10nc(cc%11[nH]c7c(C)c%11C)C(C)=C%10CCCCC)c(CCCCC)c9C)C(C)=C8C)cc6)c6nc(c(-c7ccccc7)c7ccc4[nH]7)C=C6)C=C5)cc3)c3nc(cc4[nH]c(cc1n2)c(CCCCC)c4C)C(C)=C3C. The molecule has 0 unspecified atom stereocenters. The summed E-state index contributed by atoms with van der Waals surface area (Å²) in [7, 11) is 0. The molecule has 0 spiro atoms. The number of benzene rings is 4. The first-order chi connectivity index (χ1) is 63.2. The predicted molar refractivity (Wildman–Crippen MR) is 554 cm³/mol. The number of hydrogen-bond acceptors (Lipinski definition) is 8. The van der Waals surface area contributed by atoms with E-state index in [-0.39, 0.29) is 0 Å². The molecule has 654 valence electrons. The molecule has 14 nitrogen and oxygen atoms in total. The van der Waals surface area contributed by atoms with Gasteiger partial charge in [-0.2, -0.15) is 0 Å². The number of nitrogens with one attached hydrogen (secondary N) is 8. The average molecular weight is 1710 g/mol. The topological polar surface area (TPSA) is 196 Å². The Labute approximate surface area is 764 Å². The molecule has 0 saturated carbocycles. The van der Waals surface area contributed by atoms with Gasteiger partial charge in [-0.15, -0.1) is 0 Å². The summed E-state index contributed by atoms with van der Waals surface area (Å²) in [5.74, 6) is 0. The van der Waals surface area contributed by atoms with Gasteiger partial charge in [-0.05, 0) is 355 Å². The second-order valence-electron chi connectivity index (χ2n) is 36.7. The van der Waals surface area contributed by atoms with Gasteiger partial charge in [0.2, 0.25) is 0 Å². The minimum Gasteiger partial charge on any atom is -0.355 e. The summed E-state index contributed by atoms with van der Waals surface area (Å²) < 4.78 is 0. The zero-order valence-corrected chi connectivity index (χ0v) is 78.5. The van der Waals surface area contributed by atoms with Crippen LogP contribution in [0.25, 0.3) is 180 Å². The highest BCUT2D eigenvalue weighted by Gasteiger charge is 2.28. The van der Waals surface area contributed by atoms with Crippen LogP contribution in [0.3, 0.4) is 0 Å². The van der Waals surface area contributed by atoms with Crippen molar-refractivity contribution in [1.29, 1.82) is 0 Å². The second-order valence-corrected chi connectivity index (χ2v) is 36.7. The van der Waals surface area contributed by atoms with Crippen LogP contribution in [0.5, 0.6) is 0 Å². The number of aromatic nitrogens is 12. The Bertz CT molecular complexity index is 7050. The van der Waals surface area contributed by atoms with Crippen LogP contribution in [0.1, 0.15) is 272 Å². The van der Waals surface area contributed by atoms with Gasteiger partial charge in [-0.25, -0.2) is 29.9 Å². The number of rotatable bonds is 24. The van der Waals surface area contributed by atoms with E-state index >= 15 is 0 Å². The molecule has 0 atom stereocenters. The Morgan fingerprint density at radius 1 is 0.246 bits per heavy atom. The van der Waals surface area contributed by atoms with Crippen LogP contribution in [0.2, 0.25) is 0 Å². The molecule has 15 heterocycles. The molecule has 19 rings (SSSR count). The van der Waals surface area contributed by atoms with Crippen molar-refractivity contribution in [2.75, 3.05) is 10.6 Å². The van der Waals surface area contributed by atoms with E-state index in [1.54, 1.807) is 0 Å². The number of anilines is 4. The van der Waals surface area contributed by atoms with E-state index < -0.39 is 0 Å². The van der Waals surface area contributed by atoms with Crippen LogP contribution in [0, 0.1) is 41.5 Å². The number of aromatic amines is 6. The fraction of sp³-hybridized carbons (Fsp3) is 0.276. The van der Waals surface area contributed by atoms with Crippen molar-refractivity contribution in [2.45, 2.75) is 214 Å². The molecule has 14 heteroatoms. The van der Waals surface area contributed by atoms with Gasteiger partial charge in [0.1, 0.15) is 0 Å². The maximum Gasteiger partial charge on any atom is 0.0925 e. The summed E-state index contributed by atoms with van der Waals surface area (Å²) in [5.41, 5.74) is 54.5. The molecule has 6 aliphatic heterocycles. The summed E-state index contributed by atoms with van der Waals surface area (Å²) in [5, 5.41) is 8.08. The largest absolute Gasteiger partial charge is 0.355 e. The normalized spacial score (nSPS) is 13.2. The highest BCUT2D eigenvalue weighted by molar-refractivity contribution is 6.06. The van der Waals surface area contributed by atoms with E-state index in [0.717, 1.165) is 312 Å². The lowest BCUT2D eigenvalue weighted by molar-refractivity contribution is 0.718. The zero-order valence-electron chi connectivity index (χ0n) is 78.5. The minimum absolute atomic E-state index is 0.826. The number of fused-ring (bicyclic) bond motifs is 24. The van der Waals surface area contributed by atoms with E-state index in [2.05, 4.69) is 345 Å². The molecule has 130 heavy (non-hydrogen) atoms. The second kappa shape index (κ2) is 36.1. The van der Waals surface area contributed by atoms with Gasteiger partial charge in [0.05, 0.1) is 90.7 Å². The van der Waals surface area contributed by atoms with Crippen molar-refractivity contribution in [3.63, 3.8) is 0 Å². The maximum atomic E-state index is 5.76. The quantitative estimate of drug-likeness (QED) is 0.0274. The molecule has 0 amide bonds. The van der Waals surface area contributed by atoms with E-state index in [1.165, 1.54) is 81.4 Å². The first-order valence-corrected chi connectivity index (χ1v) is 47.5. The molecule has 4 aromatic carbocycles. The van der Waals surface area contributed by atoms with Gasteiger partial charge in [-0.3, -0.25) is 0 Å². The Morgan fingerprint density at radius 3 is 0.885 bits per heavy atom. The van der Waals surface area contributed by atoms with Crippen LogP contribution < -0.4 is 10.6 Å². The molecule has 13 aromatic rings. The fourth-order valence-corrected chi connectivity index (χ4v) is 20.1. The van der Waals surface area contributed by atoms with Crippen molar-refractivity contribution in [2.24, 2.45) is 0 Å². The number of aryl methyl sites for hydroxylation is 8. The summed E-state index contributed by atoms with van der Waals surface area (Å²) in [6, 6.07) is 61.7. The van der Waals surface area contributed by atoms with E-state index in [1.807, 2.05) is 0 Å². The predicted octanol–water partition coefficient (Wildman–Crippen LogP) is 32.3. The average Bonchev–Trinajstić information content (AvgIpc) is 1.62. The molecule has 0 radical (unpaired) electrons. The van der Waals surface area contributed by atoms with E-state index in [9.17, 15) is 0 Å². The number of hydrogen-bond donors (Lipinski definition) is 8. The van der Waals surface area contributed by atoms with Crippen molar-refractivity contribution in [3.05, 3.63) is 283 Å². The molecular weight excluding hydrogens is 1590 g/mol. The van der Waals surface area contributed by atoms with Crippen molar-refractivity contribution >= 4 is 158 Å². The Hall–Kier alpha value is -13.7. The van der Waals surface area contributed by atoms with Gasteiger partial charge in [0.15, 0.2) is 0 Å². The van der Waals surface area contributed by atoms with Crippen LogP contribution in [0.15, 0.2) is 170 Å². The number of nitrogens with zero attached hydrogens (tertiary/aromatic N) is 6. The number of unbranched alkanes of at least 4 members (excludes halogenated alkanes) is 8. The molecule has 8 N–H and O–H groups in total. The van der Waals surface area contributed by atoms with Gasteiger partial charge in [0, 0.05) is 88.8 Å². The monoisotopic (exact) mass is 1710 g/mol. The molecule has 9 aromatic heterocycles. The van der Waals surface area contributed by atoms with Gasteiger partial charge in [-0.1, -0.05) is 164 Å². The van der Waals surface area contributed by atoms with Gasteiger partial charge >= 0.3 is 0 Å². The number of allylic oxidation sites excluding steroid dienone is 8. The van der Waals surface area contributed by atoms with E-state index in [0.29, 0.717) is 0 Å². The Kier molecular flexibility index (Phi) is 23.8. The van der Waals surface area contributed by atoms with Crippen LogP contribution >= 0.6 is 0 Å². The maximum absolute atomic E-state index is 5.76. The van der Waals surface area contributed by atoms with Crippen molar-refractivity contribution in [3.8, 4) is 44.5 Å². The summed E-state index contributed by atoms with van der Waals surface area (Å²) >= 11 is 0. The molecule has 0 aliphatic carbocycles. The first kappa shape index (κ1) is 85.7. The standard InChI is InChI=1S/C116H120N14/c1-17-21-27-39-83-73(13)99-59-95-65(5)69(9)111(127-95)115(112-70(10)66(6)96(128-112)60-100-74(14)84(40-28-22-18-2)104(124-100)63-103(83)123-99)117-81-47-43-79(44-48-81)109-91-55-51-87(119-91)107(77-35-31-25-32-36-77)89-53-57-93(121-89)110(94-58-54-90(122-94)108(78-37-33-26-34-38-78)88-52-56-92(109)120-88)80-45-49-82(50-46-80)118-116-113-71(11)67(7)97(129-113)61-101-75(15)85(41-29-23-19-3)105(125-101)64-106-86(42-30-24-20-4)76(16)102(126-106)62-98-68(8)72(12)114(116)130-98/h25-26,31-38,43-64,117-119,122-123,125,128,130H,17-24,27-30,39-42H2,1-16H3. The molecule has 0 fully saturated rings. The van der Waals surface area contributed by atoms with Crippen molar-refractivity contribution in [1.82, 2.24) is 59.8 Å². The third kappa shape index (κ3) is 16.0. The summed E-state index contributed by atoms with van der Waals surface area (Å²) in [4.78, 5) is 57.8. The highest BCUT2D eigenvalue weighted by Crippen LogP contribution is 2.47. The number of H-pyrrole nitrogens is 6. The van der Waals surface area contributed by atoms with Crippen molar-refractivity contribution < 1.29 is 0 Å². The lowest BCUT2D eigenvalue weighted by atomic mass is 9.99. The van der Waals surface area contributed by atoms with Gasteiger partial charge < -0.3 is 40.5 Å². The zero-order chi connectivity index (χ0) is 89.9. The smallest absolute Gasteiger partial charge is 0.0925 e. The Balaban J connectivity index is 0.750. The summed E-state index contributed by atoms with van der Waals surface area (Å²) in [6.45, 7) is 36.0. The molecular formula is C116H120N14. The fourth-order valence-electron chi connectivity index (χ4n) is 20.1. The third-order valence-corrected chi connectivity index (χ3v) is 28.5. The lowest BCUT2D eigenvalue weighted by Crippen LogP contribution is -1.97. The third-order valence-electron chi connectivity index (χ3n) is 28.5. The lowest BCUT2D eigenvalue weighted by Gasteiger charge is -2.12. The highest BCUT2D eigenvalue weighted by atomic mass is 15.0. The van der Waals surface area contributed by atoms with Crippen LogP contribution in [0.4, 0.5) is 22.7 Å². The van der Waals surface area contributed by atoms with E-state index in [4.69, 9.17) is 29.9 Å². The molecule has 24 bridgehead atoms. The van der Waals surface area contributed by atoms with Crippen LogP contribution in [-0.2, 0) is 12.8 Å².